The van der Waals surface area contributed by atoms with E-state index >= 15 is 0 Å². The molecule has 1 N–H and O–H groups in total. The first-order chi connectivity index (χ1) is 9.54. The van der Waals surface area contributed by atoms with Gasteiger partial charge in [-0.2, -0.15) is 5.10 Å². The molecule has 2 heterocycles. The standard InChI is InChI=1S/C16H25N3S/c1-6-17-16(15-9-10-20-13(15)4)8-7-14-11(2)18-19(5)12(14)3/h9-10,16-17H,6-8H2,1-5H3. The fourth-order valence-electron chi connectivity index (χ4n) is 2.84. The zero-order valence-corrected chi connectivity index (χ0v) is 14.0. The van der Waals surface area contributed by atoms with Gasteiger partial charge in [0, 0.05) is 23.7 Å². The van der Waals surface area contributed by atoms with Crippen LogP contribution in [0.25, 0.3) is 0 Å². The van der Waals surface area contributed by atoms with Crippen molar-refractivity contribution in [2.75, 3.05) is 6.54 Å². The summed E-state index contributed by atoms with van der Waals surface area (Å²) >= 11 is 1.83. The third kappa shape index (κ3) is 3.13. The molecule has 20 heavy (non-hydrogen) atoms. The fraction of sp³-hybridized carbons (Fsp3) is 0.562. The van der Waals surface area contributed by atoms with Gasteiger partial charge in [-0.1, -0.05) is 6.92 Å². The molecule has 0 amide bonds. The van der Waals surface area contributed by atoms with E-state index in [2.05, 4.69) is 49.6 Å². The molecular weight excluding hydrogens is 266 g/mol. The van der Waals surface area contributed by atoms with E-state index in [4.69, 9.17) is 0 Å². The topological polar surface area (TPSA) is 29.9 Å². The Morgan fingerprint density at radius 3 is 2.60 bits per heavy atom. The summed E-state index contributed by atoms with van der Waals surface area (Å²) in [7, 11) is 2.02. The summed E-state index contributed by atoms with van der Waals surface area (Å²) in [5.41, 5.74) is 5.32. The van der Waals surface area contributed by atoms with Crippen molar-refractivity contribution < 1.29 is 0 Å². The van der Waals surface area contributed by atoms with E-state index in [0.717, 1.165) is 19.4 Å². The van der Waals surface area contributed by atoms with E-state index in [9.17, 15) is 0 Å². The number of hydrogen-bond acceptors (Lipinski definition) is 3. The Bertz CT molecular complexity index is 568. The number of thiophene rings is 1. The minimum absolute atomic E-state index is 0.449. The Morgan fingerprint density at radius 2 is 2.10 bits per heavy atom. The minimum Gasteiger partial charge on any atom is -0.310 e. The molecule has 2 rings (SSSR count). The predicted octanol–water partition coefficient (Wildman–Crippen LogP) is 3.69. The Kier molecular flexibility index (Phi) is 5.00. The molecule has 1 atom stereocenters. The van der Waals surface area contributed by atoms with Crippen molar-refractivity contribution in [2.45, 2.75) is 46.6 Å². The quantitative estimate of drug-likeness (QED) is 0.879. The van der Waals surface area contributed by atoms with Gasteiger partial charge in [0.25, 0.3) is 0 Å². The minimum atomic E-state index is 0.449. The fourth-order valence-corrected chi connectivity index (χ4v) is 3.60. The lowest BCUT2D eigenvalue weighted by Gasteiger charge is -2.18. The van der Waals surface area contributed by atoms with Crippen molar-refractivity contribution in [3.8, 4) is 0 Å². The summed E-state index contributed by atoms with van der Waals surface area (Å²) in [5.74, 6) is 0. The largest absolute Gasteiger partial charge is 0.310 e. The molecule has 0 aliphatic carbocycles. The van der Waals surface area contributed by atoms with Crippen LogP contribution in [0.15, 0.2) is 11.4 Å². The molecule has 1 unspecified atom stereocenters. The maximum absolute atomic E-state index is 4.51. The van der Waals surface area contributed by atoms with Crippen molar-refractivity contribution >= 4 is 11.3 Å². The van der Waals surface area contributed by atoms with Gasteiger partial charge < -0.3 is 5.32 Å². The number of hydrogen-bond donors (Lipinski definition) is 1. The van der Waals surface area contributed by atoms with Crippen LogP contribution in [0.3, 0.4) is 0 Å². The Labute approximate surface area is 126 Å². The zero-order valence-electron chi connectivity index (χ0n) is 13.2. The van der Waals surface area contributed by atoms with Gasteiger partial charge in [-0.15, -0.1) is 11.3 Å². The van der Waals surface area contributed by atoms with Crippen LogP contribution >= 0.6 is 11.3 Å². The van der Waals surface area contributed by atoms with Crippen LogP contribution in [0.2, 0.25) is 0 Å². The molecule has 2 aromatic heterocycles. The van der Waals surface area contributed by atoms with Gasteiger partial charge in [0.05, 0.1) is 5.69 Å². The number of nitrogens with zero attached hydrogens (tertiary/aromatic N) is 2. The van der Waals surface area contributed by atoms with Gasteiger partial charge in [-0.3, -0.25) is 4.68 Å². The van der Waals surface area contributed by atoms with Crippen LogP contribution in [0.1, 0.15) is 46.8 Å². The number of nitrogens with one attached hydrogen (secondary N) is 1. The van der Waals surface area contributed by atoms with Crippen molar-refractivity contribution in [1.29, 1.82) is 0 Å². The second kappa shape index (κ2) is 6.55. The van der Waals surface area contributed by atoms with E-state index in [-0.39, 0.29) is 0 Å². The average molecular weight is 291 g/mol. The maximum Gasteiger partial charge on any atom is 0.0628 e. The van der Waals surface area contributed by atoms with Crippen molar-refractivity contribution in [3.05, 3.63) is 38.8 Å². The molecule has 0 aliphatic rings. The molecule has 0 saturated heterocycles. The summed E-state index contributed by atoms with van der Waals surface area (Å²) in [6, 6.07) is 2.71. The summed E-state index contributed by atoms with van der Waals surface area (Å²) in [6.07, 6.45) is 2.21. The van der Waals surface area contributed by atoms with E-state index in [1.54, 1.807) is 0 Å². The molecule has 0 aliphatic heterocycles. The van der Waals surface area contributed by atoms with Gasteiger partial charge in [-0.25, -0.2) is 0 Å². The van der Waals surface area contributed by atoms with Gasteiger partial charge in [0.2, 0.25) is 0 Å². The van der Waals surface area contributed by atoms with Crippen LogP contribution in [0.4, 0.5) is 0 Å². The third-order valence-electron chi connectivity index (χ3n) is 4.07. The maximum atomic E-state index is 4.51. The van der Waals surface area contributed by atoms with Crippen LogP contribution in [0.5, 0.6) is 0 Å². The molecule has 4 heteroatoms. The number of rotatable bonds is 6. The lowest BCUT2D eigenvalue weighted by atomic mass is 9.98. The van der Waals surface area contributed by atoms with E-state index in [1.165, 1.54) is 27.4 Å². The first-order valence-electron chi connectivity index (χ1n) is 7.31. The van der Waals surface area contributed by atoms with Crippen molar-refractivity contribution in [3.63, 3.8) is 0 Å². The summed E-state index contributed by atoms with van der Waals surface area (Å²) < 4.78 is 1.99. The van der Waals surface area contributed by atoms with Gasteiger partial charge >= 0.3 is 0 Å². The summed E-state index contributed by atoms with van der Waals surface area (Å²) in [5, 5.41) is 10.3. The van der Waals surface area contributed by atoms with E-state index in [0.29, 0.717) is 6.04 Å². The SMILES string of the molecule is CCNC(CCc1c(C)nn(C)c1C)c1ccsc1C. The molecule has 0 radical (unpaired) electrons. The zero-order chi connectivity index (χ0) is 14.7. The smallest absolute Gasteiger partial charge is 0.0628 e. The highest BCUT2D eigenvalue weighted by Gasteiger charge is 2.16. The molecule has 0 bridgehead atoms. The van der Waals surface area contributed by atoms with Crippen molar-refractivity contribution in [1.82, 2.24) is 15.1 Å². The highest BCUT2D eigenvalue weighted by molar-refractivity contribution is 7.10. The highest BCUT2D eigenvalue weighted by atomic mass is 32.1. The first kappa shape index (κ1) is 15.3. The van der Waals surface area contributed by atoms with Crippen LogP contribution in [-0.2, 0) is 13.5 Å². The Hall–Kier alpha value is -1.13. The highest BCUT2D eigenvalue weighted by Crippen LogP contribution is 2.27. The Balaban J connectivity index is 2.12. The molecule has 0 aromatic carbocycles. The predicted molar refractivity (Wildman–Crippen MR) is 86.5 cm³/mol. The Morgan fingerprint density at radius 1 is 1.35 bits per heavy atom. The second-order valence-electron chi connectivity index (χ2n) is 5.35. The van der Waals surface area contributed by atoms with Crippen LogP contribution in [0, 0.1) is 20.8 Å². The average Bonchev–Trinajstić information content (AvgIpc) is 2.92. The lowest BCUT2D eigenvalue weighted by molar-refractivity contribution is 0.514. The van der Waals surface area contributed by atoms with E-state index in [1.807, 2.05) is 23.1 Å². The van der Waals surface area contributed by atoms with Crippen LogP contribution < -0.4 is 5.32 Å². The normalized spacial score (nSPS) is 12.8. The monoisotopic (exact) mass is 291 g/mol. The second-order valence-corrected chi connectivity index (χ2v) is 6.47. The number of aryl methyl sites for hydroxylation is 3. The number of aromatic nitrogens is 2. The summed E-state index contributed by atoms with van der Waals surface area (Å²) in [6.45, 7) is 9.67. The molecule has 0 saturated carbocycles. The van der Waals surface area contributed by atoms with Crippen molar-refractivity contribution in [2.24, 2.45) is 7.05 Å². The van der Waals surface area contributed by atoms with Crippen LogP contribution in [-0.4, -0.2) is 16.3 Å². The third-order valence-corrected chi connectivity index (χ3v) is 4.93. The molecule has 2 aromatic rings. The van der Waals surface area contributed by atoms with Gasteiger partial charge in [-0.05, 0) is 62.7 Å². The molecule has 110 valence electrons. The first-order valence-corrected chi connectivity index (χ1v) is 8.19. The van der Waals surface area contributed by atoms with Gasteiger partial charge in [0.15, 0.2) is 0 Å². The molecule has 0 fully saturated rings. The molecular formula is C16H25N3S. The molecule has 3 nitrogen and oxygen atoms in total. The van der Waals surface area contributed by atoms with E-state index < -0.39 is 0 Å². The van der Waals surface area contributed by atoms with Gasteiger partial charge in [0.1, 0.15) is 0 Å². The lowest BCUT2D eigenvalue weighted by Crippen LogP contribution is -2.21. The molecule has 0 spiro atoms. The summed E-state index contributed by atoms with van der Waals surface area (Å²) in [4.78, 5) is 1.43.